The van der Waals surface area contributed by atoms with Gasteiger partial charge in [-0.15, -0.1) is 0 Å². The number of rotatable bonds is 1. The van der Waals surface area contributed by atoms with Crippen molar-refractivity contribution < 1.29 is 19.1 Å². The summed E-state index contributed by atoms with van der Waals surface area (Å²) in [6.07, 6.45) is -0.936. The largest absolute Gasteiger partial charge is 0.443 e. The summed E-state index contributed by atoms with van der Waals surface area (Å²) >= 11 is 0. The van der Waals surface area contributed by atoms with Gasteiger partial charge in [0, 0.05) is 0 Å². The Morgan fingerprint density at radius 1 is 1.35 bits per heavy atom. The zero-order valence-electron chi connectivity index (χ0n) is 10.9. The lowest BCUT2D eigenvalue weighted by Crippen LogP contribution is -2.45. The second kappa shape index (κ2) is 4.47. The molecule has 1 aliphatic heterocycles. The summed E-state index contributed by atoms with van der Waals surface area (Å²) in [5, 5.41) is 0. The van der Waals surface area contributed by atoms with Crippen molar-refractivity contribution in [1.29, 1.82) is 0 Å². The highest BCUT2D eigenvalue weighted by atomic mass is 16.6. The number of carbonyl (C=O) groups excluding carboxylic acids is 3. The molecule has 0 spiro atoms. The quantitative estimate of drug-likeness (QED) is 0.656. The summed E-state index contributed by atoms with van der Waals surface area (Å²) in [5.41, 5.74) is -0.676. The summed E-state index contributed by atoms with van der Waals surface area (Å²) in [7, 11) is 0. The number of Topliss-reactive ketones (excluding diaryl/α,β-unsaturated/α-hetero) is 1. The van der Waals surface area contributed by atoms with Gasteiger partial charge in [-0.25, -0.2) is 9.69 Å². The minimum Gasteiger partial charge on any atom is -0.443 e. The van der Waals surface area contributed by atoms with E-state index < -0.39 is 23.6 Å². The van der Waals surface area contributed by atoms with Crippen molar-refractivity contribution in [3.63, 3.8) is 0 Å². The Labute approximate surface area is 101 Å². The van der Waals surface area contributed by atoms with Gasteiger partial charge in [-0.1, -0.05) is 13.8 Å². The SMILES string of the molecule is CC(C)[C@@H]1C(=O)CC(=O)N1C(=O)OC(C)(C)C. The second-order valence-corrected chi connectivity index (χ2v) is 5.58. The molecule has 1 heterocycles. The molecule has 1 atom stereocenters. The highest BCUT2D eigenvalue weighted by Crippen LogP contribution is 2.24. The Hall–Kier alpha value is -1.39. The molecule has 1 aliphatic rings. The van der Waals surface area contributed by atoms with Gasteiger partial charge in [0.05, 0.1) is 6.42 Å². The van der Waals surface area contributed by atoms with Crippen LogP contribution in [0.25, 0.3) is 0 Å². The average Bonchev–Trinajstić information content (AvgIpc) is 2.37. The summed E-state index contributed by atoms with van der Waals surface area (Å²) < 4.78 is 5.13. The Morgan fingerprint density at radius 3 is 2.29 bits per heavy atom. The van der Waals surface area contributed by atoms with Gasteiger partial charge in [-0.3, -0.25) is 9.59 Å². The fraction of sp³-hybridized carbons (Fsp3) is 0.750. The molecule has 0 saturated carbocycles. The van der Waals surface area contributed by atoms with Crippen LogP contribution < -0.4 is 0 Å². The fourth-order valence-electron chi connectivity index (χ4n) is 1.83. The maximum absolute atomic E-state index is 11.9. The third kappa shape index (κ3) is 3.05. The molecule has 0 aromatic heterocycles. The van der Waals surface area contributed by atoms with Crippen molar-refractivity contribution in [3.8, 4) is 0 Å². The molecular weight excluding hydrogens is 222 g/mol. The van der Waals surface area contributed by atoms with Gasteiger partial charge in [0.25, 0.3) is 0 Å². The number of ether oxygens (including phenoxy) is 1. The number of hydrogen-bond acceptors (Lipinski definition) is 4. The molecule has 0 aromatic rings. The minimum atomic E-state index is -0.730. The molecule has 0 aliphatic carbocycles. The van der Waals surface area contributed by atoms with Crippen LogP contribution in [0.1, 0.15) is 41.0 Å². The first-order valence-electron chi connectivity index (χ1n) is 5.71. The standard InChI is InChI=1S/C12H19NO4/c1-7(2)10-8(14)6-9(15)13(10)11(16)17-12(3,4)5/h7,10H,6H2,1-5H3/t10-/m1/s1. The van der Waals surface area contributed by atoms with E-state index >= 15 is 0 Å². The molecule has 0 bridgehead atoms. The molecule has 1 saturated heterocycles. The van der Waals surface area contributed by atoms with Gasteiger partial charge in [0.2, 0.25) is 5.91 Å². The smallest absolute Gasteiger partial charge is 0.417 e. The first-order chi connectivity index (χ1) is 7.63. The van der Waals surface area contributed by atoms with Gasteiger partial charge < -0.3 is 4.74 Å². The number of imide groups is 1. The molecule has 2 amide bonds. The summed E-state index contributed by atoms with van der Waals surface area (Å²) in [4.78, 5) is 36.1. The molecule has 0 aromatic carbocycles. The van der Waals surface area contributed by atoms with Crippen LogP contribution >= 0.6 is 0 Å². The van der Waals surface area contributed by atoms with E-state index in [-0.39, 0.29) is 18.1 Å². The van der Waals surface area contributed by atoms with E-state index in [0.29, 0.717) is 0 Å². The number of ketones is 1. The predicted molar refractivity (Wildman–Crippen MR) is 61.3 cm³/mol. The van der Waals surface area contributed by atoms with E-state index in [1.807, 2.05) is 0 Å². The van der Waals surface area contributed by atoms with Crippen LogP contribution in [0.5, 0.6) is 0 Å². The molecule has 96 valence electrons. The van der Waals surface area contributed by atoms with Crippen LogP contribution in [0.15, 0.2) is 0 Å². The zero-order valence-corrected chi connectivity index (χ0v) is 10.9. The van der Waals surface area contributed by atoms with Crippen LogP contribution in [-0.2, 0) is 14.3 Å². The van der Waals surface area contributed by atoms with Crippen molar-refractivity contribution >= 4 is 17.8 Å². The van der Waals surface area contributed by atoms with Gasteiger partial charge in [0.15, 0.2) is 5.78 Å². The predicted octanol–water partition coefficient (Wildman–Crippen LogP) is 1.75. The monoisotopic (exact) mass is 241 g/mol. The third-order valence-electron chi connectivity index (χ3n) is 2.42. The molecule has 5 nitrogen and oxygen atoms in total. The molecular formula is C12H19NO4. The van der Waals surface area contributed by atoms with Crippen LogP contribution in [0.3, 0.4) is 0 Å². The van der Waals surface area contributed by atoms with Crippen LogP contribution in [0, 0.1) is 5.92 Å². The van der Waals surface area contributed by atoms with E-state index in [1.54, 1.807) is 34.6 Å². The van der Waals surface area contributed by atoms with E-state index in [2.05, 4.69) is 0 Å². The maximum Gasteiger partial charge on any atom is 0.417 e. The number of hydrogen-bond donors (Lipinski definition) is 0. The number of likely N-dealkylation sites (tertiary alicyclic amines) is 1. The number of nitrogens with zero attached hydrogens (tertiary/aromatic N) is 1. The lowest BCUT2D eigenvalue weighted by molar-refractivity contribution is -0.128. The lowest BCUT2D eigenvalue weighted by atomic mass is 10.0. The van der Waals surface area contributed by atoms with Crippen molar-refractivity contribution in [2.24, 2.45) is 5.92 Å². The first kappa shape index (κ1) is 13.7. The van der Waals surface area contributed by atoms with Crippen LogP contribution in [-0.4, -0.2) is 34.3 Å². The van der Waals surface area contributed by atoms with Crippen molar-refractivity contribution in [1.82, 2.24) is 4.90 Å². The second-order valence-electron chi connectivity index (χ2n) is 5.58. The Morgan fingerprint density at radius 2 is 1.88 bits per heavy atom. The molecule has 17 heavy (non-hydrogen) atoms. The number of carbonyl (C=O) groups is 3. The van der Waals surface area contributed by atoms with Crippen LogP contribution in [0.2, 0.25) is 0 Å². The van der Waals surface area contributed by atoms with Gasteiger partial charge in [-0.05, 0) is 26.7 Å². The Kier molecular flexibility index (Phi) is 3.59. The lowest BCUT2D eigenvalue weighted by Gasteiger charge is -2.28. The van der Waals surface area contributed by atoms with Crippen molar-refractivity contribution in [3.05, 3.63) is 0 Å². The zero-order chi connectivity index (χ0) is 13.4. The van der Waals surface area contributed by atoms with E-state index in [4.69, 9.17) is 4.74 Å². The summed E-state index contributed by atoms with van der Waals surface area (Å²) in [5.74, 6) is -0.778. The molecule has 0 radical (unpaired) electrons. The molecule has 5 heteroatoms. The maximum atomic E-state index is 11.9. The molecule has 1 rings (SSSR count). The van der Waals surface area contributed by atoms with Gasteiger partial charge in [-0.2, -0.15) is 0 Å². The summed E-state index contributed by atoms with van der Waals surface area (Å²) in [6.45, 7) is 8.77. The molecule has 0 N–H and O–H groups in total. The number of amides is 2. The van der Waals surface area contributed by atoms with Crippen molar-refractivity contribution in [2.45, 2.75) is 52.7 Å². The Balaban J connectivity index is 2.90. The fourth-order valence-corrected chi connectivity index (χ4v) is 1.83. The minimum absolute atomic E-state index is 0.0959. The van der Waals surface area contributed by atoms with E-state index in [0.717, 1.165) is 4.90 Å². The Bertz CT molecular complexity index is 354. The van der Waals surface area contributed by atoms with Gasteiger partial charge >= 0.3 is 6.09 Å². The van der Waals surface area contributed by atoms with Gasteiger partial charge in [0.1, 0.15) is 11.6 Å². The normalized spacial score (nSPS) is 21.3. The van der Waals surface area contributed by atoms with E-state index in [1.165, 1.54) is 0 Å². The topological polar surface area (TPSA) is 63.7 Å². The highest BCUT2D eigenvalue weighted by molar-refractivity contribution is 6.13. The average molecular weight is 241 g/mol. The van der Waals surface area contributed by atoms with Crippen molar-refractivity contribution in [2.75, 3.05) is 0 Å². The molecule has 0 unspecified atom stereocenters. The molecule has 1 fully saturated rings. The van der Waals surface area contributed by atoms with E-state index in [9.17, 15) is 14.4 Å². The highest BCUT2D eigenvalue weighted by Gasteiger charge is 2.45. The first-order valence-corrected chi connectivity index (χ1v) is 5.71. The summed E-state index contributed by atoms with van der Waals surface area (Å²) in [6, 6.07) is -0.683. The third-order valence-corrected chi connectivity index (χ3v) is 2.42. The van der Waals surface area contributed by atoms with Crippen LogP contribution in [0.4, 0.5) is 4.79 Å².